The van der Waals surface area contributed by atoms with Crippen LogP contribution in [0.1, 0.15) is 11.6 Å². The number of hydrogen-bond acceptors (Lipinski definition) is 5. The molecule has 2 aromatic rings. The minimum atomic E-state index is 0.404. The predicted octanol–water partition coefficient (Wildman–Crippen LogP) is 1.14. The highest BCUT2D eigenvalue weighted by Gasteiger charge is 2.11. The van der Waals surface area contributed by atoms with E-state index in [1.54, 1.807) is 6.07 Å². The molecule has 0 fully saturated rings. The van der Waals surface area contributed by atoms with Crippen LogP contribution in [0, 0.1) is 6.92 Å². The van der Waals surface area contributed by atoms with E-state index >= 15 is 0 Å². The first-order valence-electron chi connectivity index (χ1n) is 4.39. The molecule has 2 heterocycles. The molecule has 0 amide bonds. The van der Waals surface area contributed by atoms with Crippen molar-refractivity contribution in [2.24, 2.45) is 5.73 Å². The molecule has 74 valence electrons. The third-order valence-corrected chi connectivity index (χ3v) is 1.79. The number of aromatic nitrogens is 2. The molecule has 5 nitrogen and oxygen atoms in total. The van der Waals surface area contributed by atoms with Crippen LogP contribution in [-0.4, -0.2) is 16.7 Å². The molecule has 5 heteroatoms. The molecule has 0 saturated heterocycles. The number of rotatable bonds is 3. The fraction of sp³-hybridized carbons (Fsp3) is 0.333. The van der Waals surface area contributed by atoms with Crippen molar-refractivity contribution in [2.45, 2.75) is 13.3 Å². The second-order valence-electron chi connectivity index (χ2n) is 2.96. The normalized spacial score (nSPS) is 10.7. The SMILES string of the molecule is Cc1ccc(-c2nc(CCN)no2)o1. The monoisotopic (exact) mass is 193 g/mol. The van der Waals surface area contributed by atoms with Crippen LogP contribution in [-0.2, 0) is 6.42 Å². The fourth-order valence-corrected chi connectivity index (χ4v) is 1.13. The Hall–Kier alpha value is -1.62. The van der Waals surface area contributed by atoms with Gasteiger partial charge in [0.1, 0.15) is 5.76 Å². The first-order chi connectivity index (χ1) is 6.79. The van der Waals surface area contributed by atoms with E-state index in [2.05, 4.69) is 10.1 Å². The molecule has 0 radical (unpaired) electrons. The van der Waals surface area contributed by atoms with Crippen LogP contribution >= 0.6 is 0 Å². The van der Waals surface area contributed by atoms with Gasteiger partial charge in [0.15, 0.2) is 11.6 Å². The number of aryl methyl sites for hydroxylation is 1. The summed E-state index contributed by atoms with van der Waals surface area (Å²) in [4.78, 5) is 4.13. The van der Waals surface area contributed by atoms with Crippen LogP contribution < -0.4 is 5.73 Å². The molecule has 0 aromatic carbocycles. The molecule has 0 aliphatic carbocycles. The van der Waals surface area contributed by atoms with Gasteiger partial charge in [0.2, 0.25) is 0 Å². The zero-order valence-corrected chi connectivity index (χ0v) is 7.86. The molecular weight excluding hydrogens is 182 g/mol. The average Bonchev–Trinajstić information content (AvgIpc) is 2.74. The Morgan fingerprint density at radius 1 is 1.43 bits per heavy atom. The molecule has 0 saturated carbocycles. The van der Waals surface area contributed by atoms with Crippen LogP contribution in [0.4, 0.5) is 0 Å². The lowest BCUT2D eigenvalue weighted by atomic mass is 10.4. The average molecular weight is 193 g/mol. The van der Waals surface area contributed by atoms with Crippen LogP contribution in [0.3, 0.4) is 0 Å². The van der Waals surface area contributed by atoms with E-state index in [1.165, 1.54) is 0 Å². The Balaban J connectivity index is 2.24. The van der Waals surface area contributed by atoms with Gasteiger partial charge >= 0.3 is 0 Å². The topological polar surface area (TPSA) is 78.1 Å². The van der Waals surface area contributed by atoms with Crippen molar-refractivity contribution in [1.82, 2.24) is 10.1 Å². The number of furan rings is 1. The molecule has 0 aliphatic rings. The summed E-state index contributed by atoms with van der Waals surface area (Å²) in [6.45, 7) is 2.37. The first kappa shape index (κ1) is 8.96. The summed E-state index contributed by atoms with van der Waals surface area (Å²) in [5.41, 5.74) is 5.37. The van der Waals surface area contributed by atoms with Crippen LogP contribution in [0.5, 0.6) is 0 Å². The summed E-state index contributed by atoms with van der Waals surface area (Å²) in [5, 5.41) is 3.77. The lowest BCUT2D eigenvalue weighted by molar-refractivity contribution is 0.407. The highest BCUT2D eigenvalue weighted by atomic mass is 16.5. The molecule has 2 rings (SSSR count). The minimum Gasteiger partial charge on any atom is -0.456 e. The van der Waals surface area contributed by atoms with E-state index < -0.39 is 0 Å². The van der Waals surface area contributed by atoms with Gasteiger partial charge < -0.3 is 14.7 Å². The lowest BCUT2D eigenvalue weighted by Gasteiger charge is -1.85. The first-order valence-corrected chi connectivity index (χ1v) is 4.39. The van der Waals surface area contributed by atoms with Crippen molar-refractivity contribution in [2.75, 3.05) is 6.54 Å². The van der Waals surface area contributed by atoms with Crippen molar-refractivity contribution in [3.8, 4) is 11.7 Å². The minimum absolute atomic E-state index is 0.404. The van der Waals surface area contributed by atoms with Gasteiger partial charge in [0, 0.05) is 6.42 Å². The van der Waals surface area contributed by atoms with Gasteiger partial charge in [-0.2, -0.15) is 4.98 Å². The zero-order chi connectivity index (χ0) is 9.97. The molecule has 2 N–H and O–H groups in total. The molecule has 2 aromatic heterocycles. The van der Waals surface area contributed by atoms with Crippen LogP contribution in [0.2, 0.25) is 0 Å². The smallest absolute Gasteiger partial charge is 0.293 e. The van der Waals surface area contributed by atoms with Gasteiger partial charge in [-0.1, -0.05) is 5.16 Å². The lowest BCUT2D eigenvalue weighted by Crippen LogP contribution is -2.03. The van der Waals surface area contributed by atoms with E-state index in [-0.39, 0.29) is 0 Å². The Labute approximate surface area is 80.9 Å². The molecule has 0 atom stereocenters. The molecule has 0 bridgehead atoms. The largest absolute Gasteiger partial charge is 0.456 e. The van der Waals surface area contributed by atoms with Gasteiger partial charge in [-0.3, -0.25) is 0 Å². The summed E-state index contributed by atoms with van der Waals surface area (Å²) < 4.78 is 10.3. The highest BCUT2D eigenvalue weighted by molar-refractivity contribution is 5.43. The van der Waals surface area contributed by atoms with Gasteiger partial charge in [-0.15, -0.1) is 0 Å². The van der Waals surface area contributed by atoms with Crippen molar-refractivity contribution in [3.05, 3.63) is 23.7 Å². The number of nitrogens with two attached hydrogens (primary N) is 1. The summed E-state index contributed by atoms with van der Waals surface area (Å²) >= 11 is 0. The van der Waals surface area contributed by atoms with Crippen molar-refractivity contribution < 1.29 is 8.94 Å². The summed E-state index contributed by atoms with van der Waals surface area (Å²) in [5.74, 6) is 2.43. The molecule has 0 unspecified atom stereocenters. The highest BCUT2D eigenvalue weighted by Crippen LogP contribution is 2.19. The van der Waals surface area contributed by atoms with Gasteiger partial charge in [0.05, 0.1) is 0 Å². The van der Waals surface area contributed by atoms with Gasteiger partial charge in [-0.25, -0.2) is 0 Å². The Morgan fingerprint density at radius 3 is 2.93 bits per heavy atom. The van der Waals surface area contributed by atoms with Crippen LogP contribution in [0.25, 0.3) is 11.7 Å². The fourth-order valence-electron chi connectivity index (χ4n) is 1.13. The number of nitrogens with zero attached hydrogens (tertiary/aromatic N) is 2. The third-order valence-electron chi connectivity index (χ3n) is 1.79. The summed E-state index contributed by atoms with van der Waals surface area (Å²) in [6.07, 6.45) is 0.614. The third kappa shape index (κ3) is 1.67. The predicted molar refractivity (Wildman–Crippen MR) is 49.5 cm³/mol. The van der Waals surface area contributed by atoms with E-state index in [0.717, 1.165) is 5.76 Å². The molecule has 0 aliphatic heterocycles. The second-order valence-corrected chi connectivity index (χ2v) is 2.96. The van der Waals surface area contributed by atoms with E-state index in [0.29, 0.717) is 30.4 Å². The maximum Gasteiger partial charge on any atom is 0.293 e. The molecule has 14 heavy (non-hydrogen) atoms. The zero-order valence-electron chi connectivity index (χ0n) is 7.86. The number of hydrogen-bond donors (Lipinski definition) is 1. The standard InChI is InChI=1S/C9H11N3O2/c1-6-2-3-7(13-6)9-11-8(4-5-10)12-14-9/h2-3H,4-5,10H2,1H3. The quantitative estimate of drug-likeness (QED) is 0.790. The Morgan fingerprint density at radius 2 is 2.29 bits per heavy atom. The molecule has 0 spiro atoms. The van der Waals surface area contributed by atoms with Gasteiger partial charge in [0.25, 0.3) is 5.89 Å². The Kier molecular flexibility index (Phi) is 2.32. The maximum atomic E-state index is 5.37. The molecular formula is C9H11N3O2. The van der Waals surface area contributed by atoms with Crippen LogP contribution in [0.15, 0.2) is 21.1 Å². The van der Waals surface area contributed by atoms with Crippen molar-refractivity contribution in [1.29, 1.82) is 0 Å². The van der Waals surface area contributed by atoms with Crippen molar-refractivity contribution >= 4 is 0 Å². The van der Waals surface area contributed by atoms with Crippen molar-refractivity contribution in [3.63, 3.8) is 0 Å². The Bertz CT molecular complexity index is 419. The van der Waals surface area contributed by atoms with E-state index in [1.807, 2.05) is 13.0 Å². The summed E-state index contributed by atoms with van der Waals surface area (Å²) in [6, 6.07) is 3.65. The maximum absolute atomic E-state index is 5.37. The van der Waals surface area contributed by atoms with E-state index in [4.69, 9.17) is 14.7 Å². The van der Waals surface area contributed by atoms with E-state index in [9.17, 15) is 0 Å². The summed E-state index contributed by atoms with van der Waals surface area (Å²) in [7, 11) is 0. The second kappa shape index (κ2) is 3.63. The van der Waals surface area contributed by atoms with Gasteiger partial charge in [-0.05, 0) is 25.6 Å².